The molecular formula is C16H21N3O3. The van der Waals surface area contributed by atoms with Crippen molar-refractivity contribution in [3.63, 3.8) is 0 Å². The number of hydrogen-bond acceptors (Lipinski definition) is 4. The first-order valence-electron chi connectivity index (χ1n) is 7.53. The summed E-state index contributed by atoms with van der Waals surface area (Å²) in [5.74, 6) is 0.970. The molecule has 0 saturated carbocycles. The highest BCUT2D eigenvalue weighted by Crippen LogP contribution is 2.28. The molecule has 1 aliphatic heterocycles. The van der Waals surface area contributed by atoms with Crippen LogP contribution < -0.4 is 0 Å². The van der Waals surface area contributed by atoms with E-state index in [0.29, 0.717) is 37.6 Å². The first-order chi connectivity index (χ1) is 10.5. The molecule has 1 saturated heterocycles. The summed E-state index contributed by atoms with van der Waals surface area (Å²) in [6.45, 7) is 5.39. The number of rotatable bonds is 3. The van der Waals surface area contributed by atoms with E-state index < -0.39 is 5.60 Å². The topological polar surface area (TPSA) is 71.5 Å². The zero-order valence-electron chi connectivity index (χ0n) is 12.9. The molecule has 1 fully saturated rings. The molecular weight excluding hydrogens is 282 g/mol. The minimum atomic E-state index is -0.703. The highest BCUT2D eigenvalue weighted by atomic mass is 16.4. The monoisotopic (exact) mass is 303 g/mol. The standard InChI is InChI=1S/C16H21N3O3/c1-12-10-18(9-6-16(12,2)21)15(20)14-5-4-13(22-14)11-19-8-3-7-17-19/h3-5,7-8,12,21H,6,9-11H2,1-2H3/t12-,16+/m1/s1. The van der Waals surface area contributed by atoms with Gasteiger partial charge in [0.15, 0.2) is 5.76 Å². The maximum absolute atomic E-state index is 12.5. The van der Waals surface area contributed by atoms with Crippen LogP contribution in [0.25, 0.3) is 0 Å². The van der Waals surface area contributed by atoms with E-state index in [1.165, 1.54) is 0 Å². The molecule has 0 spiro atoms. The van der Waals surface area contributed by atoms with E-state index in [1.54, 1.807) is 27.9 Å². The Morgan fingerprint density at radius 3 is 3.05 bits per heavy atom. The number of aromatic nitrogens is 2. The van der Waals surface area contributed by atoms with E-state index in [4.69, 9.17) is 4.42 Å². The van der Waals surface area contributed by atoms with Gasteiger partial charge in [0.05, 0.1) is 12.1 Å². The van der Waals surface area contributed by atoms with E-state index in [0.717, 1.165) is 0 Å². The third-order valence-corrected chi connectivity index (χ3v) is 4.48. The lowest BCUT2D eigenvalue weighted by atomic mass is 9.84. The molecule has 0 aliphatic carbocycles. The third-order valence-electron chi connectivity index (χ3n) is 4.48. The number of hydrogen-bond donors (Lipinski definition) is 1. The second kappa shape index (κ2) is 5.61. The quantitative estimate of drug-likeness (QED) is 0.938. The van der Waals surface area contributed by atoms with Gasteiger partial charge in [-0.05, 0) is 31.5 Å². The minimum Gasteiger partial charge on any atom is -0.454 e. The lowest BCUT2D eigenvalue weighted by Gasteiger charge is -2.40. The third kappa shape index (κ3) is 2.92. The minimum absolute atomic E-state index is 0.0451. The molecule has 2 atom stereocenters. The maximum Gasteiger partial charge on any atom is 0.289 e. The molecule has 6 heteroatoms. The first-order valence-corrected chi connectivity index (χ1v) is 7.53. The number of nitrogens with zero attached hydrogens (tertiary/aromatic N) is 3. The van der Waals surface area contributed by atoms with Crippen molar-refractivity contribution in [2.45, 2.75) is 32.4 Å². The summed E-state index contributed by atoms with van der Waals surface area (Å²) in [7, 11) is 0. The molecule has 2 aromatic heterocycles. The van der Waals surface area contributed by atoms with Gasteiger partial charge in [0, 0.05) is 31.4 Å². The maximum atomic E-state index is 12.5. The van der Waals surface area contributed by atoms with Gasteiger partial charge >= 0.3 is 0 Å². The molecule has 1 amide bonds. The highest BCUT2D eigenvalue weighted by Gasteiger charge is 2.36. The summed E-state index contributed by atoms with van der Waals surface area (Å²) < 4.78 is 7.39. The largest absolute Gasteiger partial charge is 0.454 e. The van der Waals surface area contributed by atoms with E-state index in [2.05, 4.69) is 5.10 Å². The van der Waals surface area contributed by atoms with E-state index >= 15 is 0 Å². The summed E-state index contributed by atoms with van der Waals surface area (Å²) in [6.07, 6.45) is 4.13. The van der Waals surface area contributed by atoms with Crippen molar-refractivity contribution in [1.82, 2.24) is 14.7 Å². The fourth-order valence-corrected chi connectivity index (χ4v) is 2.70. The Balaban J connectivity index is 1.67. The number of aliphatic hydroxyl groups is 1. The molecule has 6 nitrogen and oxygen atoms in total. The van der Waals surface area contributed by atoms with Crippen LogP contribution in [0.15, 0.2) is 35.0 Å². The summed E-state index contributed by atoms with van der Waals surface area (Å²) in [6, 6.07) is 5.35. The van der Waals surface area contributed by atoms with Crippen molar-refractivity contribution >= 4 is 5.91 Å². The van der Waals surface area contributed by atoms with Gasteiger partial charge in [0.2, 0.25) is 0 Å². The zero-order chi connectivity index (χ0) is 15.7. The average Bonchev–Trinajstić information content (AvgIpc) is 3.13. The average molecular weight is 303 g/mol. The predicted octanol–water partition coefficient (Wildman–Crippen LogP) is 1.76. The molecule has 22 heavy (non-hydrogen) atoms. The predicted molar refractivity (Wildman–Crippen MR) is 80.3 cm³/mol. The van der Waals surface area contributed by atoms with Gasteiger partial charge in [-0.1, -0.05) is 6.92 Å². The van der Waals surface area contributed by atoms with Gasteiger partial charge in [-0.2, -0.15) is 5.10 Å². The lowest BCUT2D eigenvalue weighted by Crippen LogP contribution is -2.50. The zero-order valence-corrected chi connectivity index (χ0v) is 12.9. The second-order valence-corrected chi connectivity index (χ2v) is 6.23. The van der Waals surface area contributed by atoms with Crippen LogP contribution in [-0.4, -0.2) is 44.4 Å². The number of furan rings is 1. The van der Waals surface area contributed by atoms with Crippen molar-refractivity contribution < 1.29 is 14.3 Å². The number of likely N-dealkylation sites (tertiary alicyclic amines) is 1. The lowest BCUT2D eigenvalue weighted by molar-refractivity contribution is -0.0445. The molecule has 0 radical (unpaired) electrons. The Hall–Kier alpha value is -2.08. The van der Waals surface area contributed by atoms with Gasteiger partial charge in [-0.15, -0.1) is 0 Å². The molecule has 3 rings (SSSR count). The van der Waals surface area contributed by atoms with Crippen LogP contribution >= 0.6 is 0 Å². The summed E-state index contributed by atoms with van der Waals surface area (Å²) in [4.78, 5) is 14.2. The summed E-state index contributed by atoms with van der Waals surface area (Å²) in [5, 5.41) is 14.3. The molecule has 1 aliphatic rings. The van der Waals surface area contributed by atoms with Crippen LogP contribution in [-0.2, 0) is 6.54 Å². The van der Waals surface area contributed by atoms with Crippen LogP contribution in [0.3, 0.4) is 0 Å². The van der Waals surface area contributed by atoms with Crippen LogP contribution in [0.4, 0.5) is 0 Å². The fourth-order valence-electron chi connectivity index (χ4n) is 2.70. The van der Waals surface area contributed by atoms with Crippen LogP contribution in [0, 0.1) is 5.92 Å². The Morgan fingerprint density at radius 1 is 1.55 bits per heavy atom. The molecule has 3 heterocycles. The second-order valence-electron chi connectivity index (χ2n) is 6.23. The van der Waals surface area contributed by atoms with Crippen molar-refractivity contribution in [3.8, 4) is 0 Å². The van der Waals surface area contributed by atoms with Gasteiger partial charge < -0.3 is 14.4 Å². The first kappa shape index (κ1) is 14.8. The number of piperidine rings is 1. The molecule has 0 bridgehead atoms. The molecule has 2 aromatic rings. The summed E-state index contributed by atoms with van der Waals surface area (Å²) >= 11 is 0. The van der Waals surface area contributed by atoms with Gasteiger partial charge in [-0.3, -0.25) is 9.48 Å². The fraction of sp³-hybridized carbons (Fsp3) is 0.500. The summed E-state index contributed by atoms with van der Waals surface area (Å²) in [5.41, 5.74) is -0.703. The van der Waals surface area contributed by atoms with Crippen molar-refractivity contribution in [2.24, 2.45) is 5.92 Å². The highest BCUT2D eigenvalue weighted by molar-refractivity contribution is 5.91. The van der Waals surface area contributed by atoms with Crippen molar-refractivity contribution in [2.75, 3.05) is 13.1 Å². The molecule has 118 valence electrons. The molecule has 1 N–H and O–H groups in total. The smallest absolute Gasteiger partial charge is 0.289 e. The SMILES string of the molecule is C[C@@H]1CN(C(=O)c2ccc(Cn3cccn3)o2)CC[C@]1(C)O. The van der Waals surface area contributed by atoms with E-state index in [1.807, 2.05) is 26.1 Å². The molecule has 0 aromatic carbocycles. The van der Waals surface area contributed by atoms with Crippen molar-refractivity contribution in [1.29, 1.82) is 0 Å². The Bertz CT molecular complexity index is 645. The van der Waals surface area contributed by atoms with Gasteiger partial charge in [0.25, 0.3) is 5.91 Å². The number of amides is 1. The Morgan fingerprint density at radius 2 is 2.36 bits per heavy atom. The number of carbonyl (C=O) groups excluding carboxylic acids is 1. The van der Waals surface area contributed by atoms with Gasteiger partial charge in [0.1, 0.15) is 5.76 Å². The van der Waals surface area contributed by atoms with Crippen molar-refractivity contribution in [3.05, 3.63) is 42.1 Å². The van der Waals surface area contributed by atoms with Crippen LogP contribution in [0.5, 0.6) is 0 Å². The van der Waals surface area contributed by atoms with Crippen LogP contribution in [0.1, 0.15) is 36.6 Å². The Kier molecular flexibility index (Phi) is 3.78. The Labute approximate surface area is 129 Å². The van der Waals surface area contributed by atoms with E-state index in [9.17, 15) is 9.90 Å². The van der Waals surface area contributed by atoms with Crippen LogP contribution in [0.2, 0.25) is 0 Å². The molecule has 0 unspecified atom stereocenters. The number of carbonyl (C=O) groups is 1. The van der Waals surface area contributed by atoms with E-state index in [-0.39, 0.29) is 11.8 Å². The van der Waals surface area contributed by atoms with Gasteiger partial charge in [-0.25, -0.2) is 0 Å². The normalized spacial score (nSPS) is 25.4.